The maximum absolute atomic E-state index is 2.32. The van der Waals surface area contributed by atoms with Crippen molar-refractivity contribution >= 4 is 0 Å². The normalized spacial score (nSPS) is 11.4. The summed E-state index contributed by atoms with van der Waals surface area (Å²) >= 11 is 0. The Bertz CT molecular complexity index is 603. The van der Waals surface area contributed by atoms with Crippen LogP contribution in [0.5, 0.6) is 0 Å². The summed E-state index contributed by atoms with van der Waals surface area (Å²) in [7, 11) is 0. The molecule has 2 aromatic carbocycles. The molecule has 0 fully saturated rings. The second kappa shape index (κ2) is 5.83. The topological polar surface area (TPSA) is 0 Å². The molecule has 0 bridgehead atoms. The van der Waals surface area contributed by atoms with Gasteiger partial charge in [0.2, 0.25) is 0 Å². The first-order chi connectivity index (χ1) is 9.41. The van der Waals surface area contributed by atoms with Gasteiger partial charge in [-0.3, -0.25) is 0 Å². The van der Waals surface area contributed by atoms with Crippen LogP contribution in [-0.2, 0) is 0 Å². The van der Waals surface area contributed by atoms with Crippen molar-refractivity contribution in [1.29, 1.82) is 0 Å². The molecule has 106 valence electrons. The quantitative estimate of drug-likeness (QED) is 0.619. The van der Waals surface area contributed by atoms with Crippen LogP contribution in [0.15, 0.2) is 36.4 Å². The van der Waals surface area contributed by atoms with E-state index in [-0.39, 0.29) is 0 Å². The van der Waals surface area contributed by atoms with E-state index < -0.39 is 0 Å². The molecule has 0 radical (unpaired) electrons. The average Bonchev–Trinajstić information content (AvgIpc) is 2.40. The molecule has 0 aliphatic heterocycles. The Labute approximate surface area is 123 Å². The molecule has 0 amide bonds. The van der Waals surface area contributed by atoms with Gasteiger partial charge in [-0.2, -0.15) is 0 Å². The van der Waals surface area contributed by atoms with Crippen LogP contribution in [0.1, 0.15) is 61.8 Å². The Morgan fingerprint density at radius 3 is 2.05 bits per heavy atom. The summed E-state index contributed by atoms with van der Waals surface area (Å²) in [4.78, 5) is 0. The van der Waals surface area contributed by atoms with Gasteiger partial charge in [0.25, 0.3) is 0 Å². The number of aryl methyl sites for hydroxylation is 2. The minimum Gasteiger partial charge on any atom is -0.0613 e. The largest absolute Gasteiger partial charge is 0.0613 e. The molecule has 0 unspecified atom stereocenters. The molecular weight excluding hydrogens is 240 g/mol. The molecule has 2 aromatic rings. The molecule has 0 heterocycles. The fourth-order valence-electron chi connectivity index (χ4n) is 2.99. The monoisotopic (exact) mass is 266 g/mol. The highest BCUT2D eigenvalue weighted by Gasteiger charge is 2.16. The highest BCUT2D eigenvalue weighted by molar-refractivity contribution is 5.73. The molecule has 0 atom stereocenters. The molecule has 0 saturated carbocycles. The molecule has 0 saturated heterocycles. The Morgan fingerprint density at radius 2 is 1.45 bits per heavy atom. The van der Waals surface area contributed by atoms with E-state index in [2.05, 4.69) is 77.9 Å². The van der Waals surface area contributed by atoms with Gasteiger partial charge >= 0.3 is 0 Å². The van der Waals surface area contributed by atoms with E-state index in [0.717, 1.165) is 0 Å². The van der Waals surface area contributed by atoms with Crippen molar-refractivity contribution in [3.63, 3.8) is 0 Å². The molecule has 0 aromatic heterocycles. The van der Waals surface area contributed by atoms with Crippen LogP contribution in [0.4, 0.5) is 0 Å². The third kappa shape index (κ3) is 2.80. The minimum atomic E-state index is 0.545. The zero-order chi connectivity index (χ0) is 14.9. The van der Waals surface area contributed by atoms with Crippen LogP contribution in [0.3, 0.4) is 0 Å². The van der Waals surface area contributed by atoms with Crippen molar-refractivity contribution in [3.8, 4) is 11.1 Å². The number of hydrogen-bond acceptors (Lipinski definition) is 0. The first-order valence-electron chi connectivity index (χ1n) is 7.62. The van der Waals surface area contributed by atoms with Crippen molar-refractivity contribution in [3.05, 3.63) is 58.7 Å². The van der Waals surface area contributed by atoms with Gasteiger partial charge in [0, 0.05) is 0 Å². The summed E-state index contributed by atoms with van der Waals surface area (Å²) in [6.07, 6.45) is 0. The van der Waals surface area contributed by atoms with Crippen LogP contribution in [0.25, 0.3) is 11.1 Å². The lowest BCUT2D eigenvalue weighted by Crippen LogP contribution is -2.02. The van der Waals surface area contributed by atoms with Crippen LogP contribution in [0, 0.1) is 13.8 Å². The second-order valence-electron chi connectivity index (χ2n) is 6.44. The highest BCUT2D eigenvalue weighted by Crippen LogP contribution is 2.36. The van der Waals surface area contributed by atoms with Crippen LogP contribution >= 0.6 is 0 Å². The lowest BCUT2D eigenvalue weighted by molar-refractivity contribution is 0.792. The Balaban J connectivity index is 2.74. The van der Waals surface area contributed by atoms with Crippen LogP contribution in [-0.4, -0.2) is 0 Å². The van der Waals surface area contributed by atoms with Crippen molar-refractivity contribution in [2.24, 2.45) is 0 Å². The Morgan fingerprint density at radius 1 is 0.750 bits per heavy atom. The van der Waals surface area contributed by atoms with Gasteiger partial charge in [-0.1, -0.05) is 69.7 Å². The third-order valence-corrected chi connectivity index (χ3v) is 4.02. The fraction of sp³-hybridized carbons (Fsp3) is 0.400. The summed E-state index contributed by atoms with van der Waals surface area (Å²) in [6.45, 7) is 13.6. The smallest absolute Gasteiger partial charge is 0.0144 e. The zero-order valence-electron chi connectivity index (χ0n) is 13.6. The molecule has 20 heavy (non-hydrogen) atoms. The maximum Gasteiger partial charge on any atom is -0.0144 e. The SMILES string of the molecule is Cc1ccc(C)c(-c2cccc(C(C)C)c2C(C)C)c1. The van der Waals surface area contributed by atoms with E-state index in [1.165, 1.54) is 33.4 Å². The number of benzene rings is 2. The molecule has 0 heteroatoms. The van der Waals surface area contributed by atoms with E-state index in [9.17, 15) is 0 Å². The van der Waals surface area contributed by atoms with E-state index >= 15 is 0 Å². The first-order valence-corrected chi connectivity index (χ1v) is 7.62. The van der Waals surface area contributed by atoms with Gasteiger partial charge in [-0.25, -0.2) is 0 Å². The van der Waals surface area contributed by atoms with Gasteiger partial charge in [0.15, 0.2) is 0 Å². The summed E-state index contributed by atoms with van der Waals surface area (Å²) < 4.78 is 0. The second-order valence-corrected chi connectivity index (χ2v) is 6.44. The molecule has 2 rings (SSSR count). The van der Waals surface area contributed by atoms with Crippen molar-refractivity contribution in [1.82, 2.24) is 0 Å². The Kier molecular flexibility index (Phi) is 4.32. The van der Waals surface area contributed by atoms with Gasteiger partial charge in [-0.05, 0) is 53.5 Å². The van der Waals surface area contributed by atoms with Crippen molar-refractivity contribution in [2.45, 2.75) is 53.4 Å². The predicted octanol–water partition coefficient (Wildman–Crippen LogP) is 6.22. The summed E-state index contributed by atoms with van der Waals surface area (Å²) in [6, 6.07) is 13.5. The van der Waals surface area contributed by atoms with Gasteiger partial charge < -0.3 is 0 Å². The summed E-state index contributed by atoms with van der Waals surface area (Å²) in [5, 5.41) is 0. The zero-order valence-corrected chi connectivity index (χ0v) is 13.6. The Hall–Kier alpha value is -1.56. The van der Waals surface area contributed by atoms with Crippen LogP contribution < -0.4 is 0 Å². The first kappa shape index (κ1) is 14.8. The van der Waals surface area contributed by atoms with E-state index in [1.807, 2.05) is 0 Å². The van der Waals surface area contributed by atoms with Crippen LogP contribution in [0.2, 0.25) is 0 Å². The van der Waals surface area contributed by atoms with Gasteiger partial charge in [0.05, 0.1) is 0 Å². The van der Waals surface area contributed by atoms with Gasteiger partial charge in [0.1, 0.15) is 0 Å². The molecule has 0 spiro atoms. The highest BCUT2D eigenvalue weighted by atomic mass is 14.2. The maximum atomic E-state index is 2.32. The van der Waals surface area contributed by atoms with E-state index in [4.69, 9.17) is 0 Å². The standard InChI is InChI=1S/C20H26/c1-13(2)17-8-7-9-18(20(17)14(3)4)19-12-15(5)10-11-16(19)6/h7-14H,1-6H3. The number of rotatable bonds is 3. The summed E-state index contributed by atoms with van der Waals surface area (Å²) in [5.74, 6) is 1.11. The molecular formula is C20H26. The fourth-order valence-corrected chi connectivity index (χ4v) is 2.99. The number of hydrogen-bond donors (Lipinski definition) is 0. The van der Waals surface area contributed by atoms with Crippen molar-refractivity contribution < 1.29 is 0 Å². The lowest BCUT2D eigenvalue weighted by Gasteiger charge is -2.21. The molecule has 0 aliphatic rings. The van der Waals surface area contributed by atoms with Gasteiger partial charge in [-0.15, -0.1) is 0 Å². The predicted molar refractivity (Wildman–Crippen MR) is 89.5 cm³/mol. The molecule has 0 nitrogen and oxygen atoms in total. The average molecular weight is 266 g/mol. The third-order valence-electron chi connectivity index (χ3n) is 4.02. The minimum absolute atomic E-state index is 0.545. The van der Waals surface area contributed by atoms with Crippen molar-refractivity contribution in [2.75, 3.05) is 0 Å². The van der Waals surface area contributed by atoms with E-state index in [1.54, 1.807) is 0 Å². The summed E-state index contributed by atoms with van der Waals surface area (Å²) in [5.41, 5.74) is 8.48. The van der Waals surface area contributed by atoms with E-state index in [0.29, 0.717) is 11.8 Å². The molecule has 0 N–H and O–H groups in total. The lowest BCUT2D eigenvalue weighted by atomic mass is 9.83. The molecule has 0 aliphatic carbocycles.